The van der Waals surface area contributed by atoms with Crippen LogP contribution in [0.15, 0.2) is 0 Å². The lowest BCUT2D eigenvalue weighted by molar-refractivity contribution is -0.156. The second kappa shape index (κ2) is 2.69. The van der Waals surface area contributed by atoms with E-state index >= 15 is 0 Å². The van der Waals surface area contributed by atoms with E-state index in [9.17, 15) is 18.4 Å². The number of carbonyl (C=O) groups excluding carboxylic acids is 2. The molecule has 0 atom stereocenters. The lowest BCUT2D eigenvalue weighted by Crippen LogP contribution is -2.60. The number of urea groups is 1. The number of rotatable bonds is 1. The first-order valence-electron chi connectivity index (χ1n) is 3.46. The molecule has 1 aliphatic heterocycles. The molecule has 0 aromatic heterocycles. The van der Waals surface area contributed by atoms with Crippen molar-refractivity contribution in [1.29, 1.82) is 0 Å². The minimum absolute atomic E-state index is 0.0414. The largest absolute Gasteiger partial charge is 0.342 e. The van der Waals surface area contributed by atoms with E-state index in [0.717, 1.165) is 0 Å². The number of carbonyl (C=O) groups is 2. The summed E-state index contributed by atoms with van der Waals surface area (Å²) in [7, 11) is 0. The fourth-order valence-corrected chi connectivity index (χ4v) is 0.935. The van der Waals surface area contributed by atoms with E-state index in [-0.39, 0.29) is 6.54 Å². The monoisotopic (exact) mass is 178 g/mol. The smallest absolute Gasteiger partial charge is 0.331 e. The van der Waals surface area contributed by atoms with E-state index in [2.05, 4.69) is 0 Å². The molecule has 1 fully saturated rings. The Morgan fingerprint density at radius 1 is 1.58 bits per heavy atom. The summed E-state index contributed by atoms with van der Waals surface area (Å²) >= 11 is 0. The summed E-state index contributed by atoms with van der Waals surface area (Å²) in [6.45, 7) is 0.514. The highest BCUT2D eigenvalue weighted by Crippen LogP contribution is 2.19. The van der Waals surface area contributed by atoms with Gasteiger partial charge in [0.1, 0.15) is 0 Å². The second-order valence-corrected chi connectivity index (χ2v) is 2.41. The van der Waals surface area contributed by atoms with Gasteiger partial charge in [-0.15, -0.1) is 0 Å². The standard InChI is InChI=1S/C6H8F2N2O2/c1-2-10-4(11)6(7,8)3-9-5(10)12/h2-3H2,1H3,(H,9,12). The minimum Gasteiger partial charge on any atom is -0.331 e. The summed E-state index contributed by atoms with van der Waals surface area (Å²) in [5, 5.41) is 1.92. The molecule has 0 aromatic rings. The number of hydrogen-bond donors (Lipinski definition) is 1. The van der Waals surface area contributed by atoms with Crippen LogP contribution >= 0.6 is 0 Å². The van der Waals surface area contributed by atoms with Gasteiger partial charge in [-0.05, 0) is 6.92 Å². The number of halogens is 2. The number of alkyl halides is 2. The maximum absolute atomic E-state index is 12.6. The predicted molar refractivity (Wildman–Crippen MR) is 35.7 cm³/mol. The Balaban J connectivity index is 2.85. The van der Waals surface area contributed by atoms with E-state index in [1.807, 2.05) is 5.32 Å². The predicted octanol–water partition coefficient (Wildman–Crippen LogP) is 0.193. The van der Waals surface area contributed by atoms with Crippen LogP contribution in [0, 0.1) is 0 Å². The molecule has 0 spiro atoms. The Hall–Kier alpha value is -1.20. The van der Waals surface area contributed by atoms with Crippen molar-refractivity contribution in [2.24, 2.45) is 0 Å². The summed E-state index contributed by atoms with van der Waals surface area (Å²) < 4.78 is 25.2. The zero-order valence-corrected chi connectivity index (χ0v) is 6.43. The molecule has 12 heavy (non-hydrogen) atoms. The first kappa shape index (κ1) is 8.89. The highest BCUT2D eigenvalue weighted by molar-refractivity contribution is 6.00. The highest BCUT2D eigenvalue weighted by atomic mass is 19.3. The molecule has 1 heterocycles. The maximum atomic E-state index is 12.6. The molecule has 1 saturated heterocycles. The van der Waals surface area contributed by atoms with Crippen molar-refractivity contribution >= 4 is 11.9 Å². The van der Waals surface area contributed by atoms with Gasteiger partial charge < -0.3 is 5.32 Å². The van der Waals surface area contributed by atoms with Crippen molar-refractivity contribution in [3.63, 3.8) is 0 Å². The number of nitrogens with one attached hydrogen (secondary N) is 1. The molecule has 1 aliphatic rings. The number of imide groups is 1. The van der Waals surface area contributed by atoms with Gasteiger partial charge in [0.25, 0.3) is 0 Å². The molecule has 0 saturated carbocycles. The summed E-state index contributed by atoms with van der Waals surface area (Å²) in [4.78, 5) is 22.1. The van der Waals surface area contributed by atoms with Crippen LogP contribution in [0.25, 0.3) is 0 Å². The van der Waals surface area contributed by atoms with Gasteiger partial charge in [-0.2, -0.15) is 8.78 Å². The zero-order chi connectivity index (χ0) is 9.35. The zero-order valence-electron chi connectivity index (χ0n) is 6.43. The molecule has 0 radical (unpaired) electrons. The first-order valence-corrected chi connectivity index (χ1v) is 3.46. The van der Waals surface area contributed by atoms with Gasteiger partial charge in [-0.3, -0.25) is 9.69 Å². The molecular weight excluding hydrogens is 170 g/mol. The van der Waals surface area contributed by atoms with Crippen molar-refractivity contribution in [2.75, 3.05) is 13.1 Å². The van der Waals surface area contributed by atoms with Gasteiger partial charge in [0.05, 0.1) is 6.54 Å². The Labute approximate surface area is 67.5 Å². The van der Waals surface area contributed by atoms with Gasteiger partial charge in [0, 0.05) is 6.54 Å². The van der Waals surface area contributed by atoms with Crippen LogP contribution in [-0.2, 0) is 4.79 Å². The SMILES string of the molecule is CCN1C(=O)NCC(F)(F)C1=O. The topological polar surface area (TPSA) is 49.4 Å². The molecular formula is C6H8F2N2O2. The fraction of sp³-hybridized carbons (Fsp3) is 0.667. The van der Waals surface area contributed by atoms with Gasteiger partial charge in [0.15, 0.2) is 0 Å². The van der Waals surface area contributed by atoms with Crippen molar-refractivity contribution < 1.29 is 18.4 Å². The third kappa shape index (κ3) is 1.24. The van der Waals surface area contributed by atoms with E-state index in [0.29, 0.717) is 4.90 Å². The fourth-order valence-electron chi connectivity index (χ4n) is 0.935. The van der Waals surface area contributed by atoms with Gasteiger partial charge >= 0.3 is 17.9 Å². The molecule has 1 N–H and O–H groups in total. The summed E-state index contributed by atoms with van der Waals surface area (Å²) in [6.07, 6.45) is 0. The lowest BCUT2D eigenvalue weighted by atomic mass is 10.2. The molecule has 68 valence electrons. The molecule has 3 amide bonds. The Morgan fingerprint density at radius 2 is 2.17 bits per heavy atom. The lowest BCUT2D eigenvalue weighted by Gasteiger charge is -2.29. The Kier molecular flexibility index (Phi) is 1.99. The van der Waals surface area contributed by atoms with E-state index in [4.69, 9.17) is 0 Å². The van der Waals surface area contributed by atoms with Crippen LogP contribution in [0.3, 0.4) is 0 Å². The molecule has 0 bridgehead atoms. The van der Waals surface area contributed by atoms with Crippen molar-refractivity contribution in [1.82, 2.24) is 10.2 Å². The van der Waals surface area contributed by atoms with E-state index in [1.54, 1.807) is 0 Å². The van der Waals surface area contributed by atoms with Crippen molar-refractivity contribution in [3.05, 3.63) is 0 Å². The average Bonchev–Trinajstić information content (AvgIpc) is 2.00. The number of nitrogens with zero attached hydrogens (tertiary/aromatic N) is 1. The molecule has 6 heteroatoms. The summed E-state index contributed by atoms with van der Waals surface area (Å²) in [5.74, 6) is -4.88. The minimum atomic E-state index is -3.45. The summed E-state index contributed by atoms with van der Waals surface area (Å²) in [6, 6.07) is -0.756. The second-order valence-electron chi connectivity index (χ2n) is 2.41. The van der Waals surface area contributed by atoms with Crippen molar-refractivity contribution in [2.45, 2.75) is 12.8 Å². The average molecular weight is 178 g/mol. The van der Waals surface area contributed by atoms with Crippen LogP contribution < -0.4 is 5.32 Å². The highest BCUT2D eigenvalue weighted by Gasteiger charge is 2.47. The van der Waals surface area contributed by atoms with E-state index < -0.39 is 24.4 Å². The summed E-state index contributed by atoms with van der Waals surface area (Å²) in [5.41, 5.74) is 0. The van der Waals surface area contributed by atoms with Crippen molar-refractivity contribution in [3.8, 4) is 0 Å². The van der Waals surface area contributed by atoms with Gasteiger partial charge in [0.2, 0.25) is 0 Å². The molecule has 0 aliphatic carbocycles. The van der Waals surface area contributed by atoms with Gasteiger partial charge in [-0.1, -0.05) is 0 Å². The van der Waals surface area contributed by atoms with Gasteiger partial charge in [-0.25, -0.2) is 4.79 Å². The normalized spacial score (nSPS) is 22.4. The Bertz CT molecular complexity index is 230. The maximum Gasteiger partial charge on any atom is 0.342 e. The number of amides is 3. The molecule has 4 nitrogen and oxygen atoms in total. The van der Waals surface area contributed by atoms with Crippen LogP contribution in [-0.4, -0.2) is 35.9 Å². The Morgan fingerprint density at radius 3 is 2.58 bits per heavy atom. The van der Waals surface area contributed by atoms with E-state index in [1.165, 1.54) is 6.92 Å². The number of hydrogen-bond acceptors (Lipinski definition) is 2. The molecule has 0 aromatic carbocycles. The third-order valence-corrected chi connectivity index (χ3v) is 1.58. The third-order valence-electron chi connectivity index (χ3n) is 1.58. The van der Waals surface area contributed by atoms with Crippen LogP contribution in [0.4, 0.5) is 13.6 Å². The van der Waals surface area contributed by atoms with Crippen LogP contribution in [0.1, 0.15) is 6.92 Å². The molecule has 1 rings (SSSR count). The molecule has 0 unspecified atom stereocenters. The quantitative estimate of drug-likeness (QED) is 0.623. The first-order chi connectivity index (χ1) is 5.49. The van der Waals surface area contributed by atoms with Crippen LogP contribution in [0.2, 0.25) is 0 Å². The van der Waals surface area contributed by atoms with Crippen LogP contribution in [0.5, 0.6) is 0 Å².